The van der Waals surface area contributed by atoms with E-state index in [9.17, 15) is 18.2 Å². The molecule has 0 radical (unpaired) electrons. The van der Waals surface area contributed by atoms with Gasteiger partial charge in [0, 0.05) is 37.3 Å². The molecule has 0 aromatic heterocycles. The largest absolute Gasteiger partial charge is 0.308 e. The van der Waals surface area contributed by atoms with Gasteiger partial charge in [-0.1, -0.05) is 28.0 Å². The van der Waals surface area contributed by atoms with Crippen LogP contribution >= 0.6 is 0 Å². The fraction of sp³-hybridized carbons (Fsp3) is 0.714. The smallest absolute Gasteiger partial charge is 0.243 e. The Kier molecular flexibility index (Phi) is 9.87. The summed E-state index contributed by atoms with van der Waals surface area (Å²) in [6.45, 7) is 13.9. The molecule has 10 heteroatoms. The Balaban J connectivity index is 2.97. The topological polar surface area (TPSA) is 120 Å². The molecule has 2 N–H and O–H groups in total. The van der Waals surface area contributed by atoms with Crippen LogP contribution in [0.25, 0.3) is 0 Å². The van der Waals surface area contributed by atoms with E-state index in [4.69, 9.17) is 0 Å². The maximum Gasteiger partial charge on any atom is 0.243 e. The monoisotopic (exact) mass is 455 g/mol. The molecule has 1 aromatic carbocycles. The Morgan fingerprint density at radius 1 is 0.871 bits per heavy atom. The lowest BCUT2D eigenvalue weighted by molar-refractivity contribution is 0.294. The van der Waals surface area contributed by atoms with Crippen LogP contribution in [0.4, 0.5) is 0 Å². The Labute approximate surface area is 186 Å². The molecule has 0 spiro atoms. The van der Waals surface area contributed by atoms with Gasteiger partial charge in [0.15, 0.2) is 0 Å². The molecule has 0 heterocycles. The Hall–Kier alpha value is -1.75. The van der Waals surface area contributed by atoms with Crippen molar-refractivity contribution in [3.63, 3.8) is 0 Å². The van der Waals surface area contributed by atoms with Crippen LogP contribution in [-0.4, -0.2) is 62.1 Å². The van der Waals surface area contributed by atoms with E-state index in [-0.39, 0.29) is 18.0 Å². The average molecular weight is 456 g/mol. The van der Waals surface area contributed by atoms with Gasteiger partial charge in [-0.25, -0.2) is 8.42 Å². The lowest BCUT2D eigenvalue weighted by Crippen LogP contribution is -2.52. The molecule has 31 heavy (non-hydrogen) atoms. The van der Waals surface area contributed by atoms with Crippen LogP contribution in [-0.2, 0) is 10.0 Å². The third-order valence-electron chi connectivity index (χ3n) is 5.95. The SMILES string of the molecule is Cc1ccc(S(=O)(=O)N(CCNC(C)(C)C(C)N=O)CCNC(C)(C)C(C)N=O)cc1. The molecule has 0 saturated carbocycles. The summed E-state index contributed by atoms with van der Waals surface area (Å²) >= 11 is 0. The van der Waals surface area contributed by atoms with Crippen molar-refractivity contribution in [3.8, 4) is 0 Å². The zero-order valence-electron chi connectivity index (χ0n) is 19.7. The third-order valence-corrected chi connectivity index (χ3v) is 7.86. The van der Waals surface area contributed by atoms with Gasteiger partial charge in [-0.15, -0.1) is 0 Å². The Bertz CT molecular complexity index is 793. The summed E-state index contributed by atoms with van der Waals surface area (Å²) in [7, 11) is -3.72. The predicted octanol–water partition coefficient (Wildman–Crippen LogP) is 3.03. The number of nitrogens with zero attached hydrogens (tertiary/aromatic N) is 3. The third kappa shape index (κ3) is 7.71. The minimum atomic E-state index is -3.72. The highest BCUT2D eigenvalue weighted by molar-refractivity contribution is 7.89. The van der Waals surface area contributed by atoms with E-state index in [1.54, 1.807) is 38.1 Å². The second kappa shape index (κ2) is 11.2. The van der Waals surface area contributed by atoms with Crippen LogP contribution in [0.2, 0.25) is 0 Å². The first-order chi connectivity index (χ1) is 14.3. The number of rotatable bonds is 14. The number of hydrogen-bond acceptors (Lipinski definition) is 8. The molecule has 1 rings (SSSR count). The van der Waals surface area contributed by atoms with Crippen LogP contribution < -0.4 is 10.6 Å². The van der Waals surface area contributed by atoms with Gasteiger partial charge in [-0.2, -0.15) is 14.1 Å². The first-order valence-electron chi connectivity index (χ1n) is 10.5. The van der Waals surface area contributed by atoms with Gasteiger partial charge < -0.3 is 10.6 Å². The molecule has 2 atom stereocenters. The van der Waals surface area contributed by atoms with Gasteiger partial charge in [0.2, 0.25) is 10.0 Å². The van der Waals surface area contributed by atoms with Crippen molar-refractivity contribution in [1.82, 2.24) is 14.9 Å². The summed E-state index contributed by atoms with van der Waals surface area (Å²) in [5.74, 6) is 0. The van der Waals surface area contributed by atoms with Crippen molar-refractivity contribution in [2.24, 2.45) is 10.4 Å². The molecule has 0 fully saturated rings. The molecular weight excluding hydrogens is 418 g/mol. The van der Waals surface area contributed by atoms with Crippen molar-refractivity contribution < 1.29 is 8.42 Å². The van der Waals surface area contributed by atoms with Gasteiger partial charge in [0.05, 0.1) is 4.90 Å². The highest BCUT2D eigenvalue weighted by Gasteiger charge is 2.30. The molecule has 176 valence electrons. The molecule has 0 aliphatic carbocycles. The molecule has 1 aromatic rings. The van der Waals surface area contributed by atoms with Gasteiger partial charge >= 0.3 is 0 Å². The fourth-order valence-electron chi connectivity index (χ4n) is 2.78. The summed E-state index contributed by atoms with van der Waals surface area (Å²) < 4.78 is 27.9. The van der Waals surface area contributed by atoms with Crippen molar-refractivity contribution >= 4 is 10.0 Å². The zero-order chi connectivity index (χ0) is 23.9. The number of hydrogen-bond donors (Lipinski definition) is 2. The Morgan fingerprint density at radius 3 is 1.61 bits per heavy atom. The Morgan fingerprint density at radius 2 is 1.26 bits per heavy atom. The first-order valence-corrected chi connectivity index (χ1v) is 11.9. The number of aryl methyl sites for hydroxylation is 1. The van der Waals surface area contributed by atoms with E-state index in [1.165, 1.54) is 4.31 Å². The predicted molar refractivity (Wildman–Crippen MR) is 125 cm³/mol. The number of nitroso groups, excluding NO2 is 2. The van der Waals surface area contributed by atoms with Gasteiger partial charge in [-0.3, -0.25) is 0 Å². The number of nitrogens with one attached hydrogen (secondary N) is 2. The lowest BCUT2D eigenvalue weighted by Gasteiger charge is -2.32. The number of sulfonamides is 1. The summed E-state index contributed by atoms with van der Waals surface area (Å²) in [6, 6.07) is 5.81. The summed E-state index contributed by atoms with van der Waals surface area (Å²) in [4.78, 5) is 22.0. The van der Waals surface area contributed by atoms with Crippen LogP contribution in [0.15, 0.2) is 39.5 Å². The molecule has 0 aliphatic heterocycles. The molecular formula is C21H37N5O4S. The van der Waals surface area contributed by atoms with Crippen LogP contribution in [0.3, 0.4) is 0 Å². The maximum atomic E-state index is 13.3. The van der Waals surface area contributed by atoms with Gasteiger partial charge in [0.1, 0.15) is 12.1 Å². The summed E-state index contributed by atoms with van der Waals surface area (Å²) in [5.41, 5.74) is -0.151. The van der Waals surface area contributed by atoms with E-state index in [0.717, 1.165) is 5.56 Å². The zero-order valence-corrected chi connectivity index (χ0v) is 20.5. The molecule has 0 saturated heterocycles. The highest BCUT2D eigenvalue weighted by atomic mass is 32.2. The van der Waals surface area contributed by atoms with Gasteiger partial charge in [0.25, 0.3) is 0 Å². The van der Waals surface area contributed by atoms with E-state index in [1.807, 2.05) is 34.6 Å². The van der Waals surface area contributed by atoms with Crippen LogP contribution in [0, 0.1) is 16.7 Å². The highest BCUT2D eigenvalue weighted by Crippen LogP contribution is 2.18. The average Bonchev–Trinajstić information content (AvgIpc) is 2.71. The number of benzene rings is 1. The lowest BCUT2D eigenvalue weighted by atomic mass is 9.97. The fourth-order valence-corrected chi connectivity index (χ4v) is 4.22. The van der Waals surface area contributed by atoms with Crippen molar-refractivity contribution in [3.05, 3.63) is 39.6 Å². The maximum absolute atomic E-state index is 13.3. The molecule has 2 unspecified atom stereocenters. The van der Waals surface area contributed by atoms with Crippen molar-refractivity contribution in [1.29, 1.82) is 0 Å². The van der Waals surface area contributed by atoms with Crippen LogP contribution in [0.5, 0.6) is 0 Å². The van der Waals surface area contributed by atoms with Gasteiger partial charge in [-0.05, 0) is 60.6 Å². The molecule has 0 aliphatic rings. The standard InChI is InChI=1S/C21H37N5O4S/c1-16-8-10-19(11-9-16)31(29,30)26(14-12-22-20(4,5)17(2)24-27)15-13-23-21(6,7)18(3)25-28/h8-11,17-18,22-23H,12-15H2,1-7H3. The minimum absolute atomic E-state index is 0.217. The second-order valence-corrected chi connectivity index (χ2v) is 11.0. The normalized spacial score (nSPS) is 15.0. The quantitative estimate of drug-likeness (QED) is 0.416. The molecule has 0 bridgehead atoms. The van der Waals surface area contributed by atoms with Crippen molar-refractivity contribution in [2.45, 2.75) is 76.5 Å². The van der Waals surface area contributed by atoms with Crippen molar-refractivity contribution in [2.75, 3.05) is 26.2 Å². The van der Waals surface area contributed by atoms with E-state index < -0.39 is 33.2 Å². The summed E-state index contributed by atoms with van der Waals surface area (Å²) in [6.07, 6.45) is 0. The van der Waals surface area contributed by atoms with E-state index >= 15 is 0 Å². The second-order valence-electron chi connectivity index (χ2n) is 9.08. The summed E-state index contributed by atoms with van der Waals surface area (Å²) in [5, 5.41) is 12.6. The van der Waals surface area contributed by atoms with E-state index in [0.29, 0.717) is 13.1 Å². The molecule has 9 nitrogen and oxygen atoms in total. The molecule has 0 amide bonds. The minimum Gasteiger partial charge on any atom is -0.308 e. The van der Waals surface area contributed by atoms with E-state index in [2.05, 4.69) is 21.0 Å². The van der Waals surface area contributed by atoms with Crippen LogP contribution in [0.1, 0.15) is 47.1 Å². The first kappa shape index (κ1) is 27.3.